The predicted molar refractivity (Wildman–Crippen MR) is 87.2 cm³/mol. The molecular weight excluding hydrogens is 298 g/mol. The quantitative estimate of drug-likeness (QED) is 0.857. The first-order valence-electron chi connectivity index (χ1n) is 7.21. The van der Waals surface area contributed by atoms with Crippen molar-refractivity contribution < 1.29 is 19.1 Å². The number of aryl methyl sites for hydroxylation is 2. The first-order valence-corrected chi connectivity index (χ1v) is 7.21. The lowest BCUT2D eigenvalue weighted by atomic mass is 10.1. The summed E-state index contributed by atoms with van der Waals surface area (Å²) in [6, 6.07) is 5.10. The van der Waals surface area contributed by atoms with Gasteiger partial charge in [-0.05, 0) is 38.9 Å². The third kappa shape index (κ3) is 5.37. The number of carbonyl (C=O) groups excluding carboxylic acids is 3. The van der Waals surface area contributed by atoms with Crippen molar-refractivity contribution in [2.75, 3.05) is 26.0 Å². The van der Waals surface area contributed by atoms with Crippen LogP contribution in [0, 0.1) is 13.8 Å². The zero-order valence-corrected chi connectivity index (χ0v) is 14.1. The summed E-state index contributed by atoms with van der Waals surface area (Å²) in [6.45, 7) is 5.45. The number of hydrogen-bond acceptors (Lipinski definition) is 5. The Kier molecular flexibility index (Phi) is 6.71. The van der Waals surface area contributed by atoms with E-state index in [1.165, 1.54) is 7.11 Å². The minimum absolute atomic E-state index is 0.0174. The van der Waals surface area contributed by atoms with Crippen molar-refractivity contribution in [2.24, 2.45) is 0 Å². The number of alkyl carbamates (subject to hydrolysis) is 1. The van der Waals surface area contributed by atoms with Crippen LogP contribution in [0.15, 0.2) is 18.2 Å². The Morgan fingerprint density at radius 3 is 2.30 bits per heavy atom. The highest BCUT2D eigenvalue weighted by atomic mass is 16.5. The minimum Gasteiger partial charge on any atom is -0.453 e. The zero-order chi connectivity index (χ0) is 17.6. The molecule has 1 aromatic carbocycles. The van der Waals surface area contributed by atoms with Crippen LogP contribution in [0.1, 0.15) is 18.1 Å². The monoisotopic (exact) mass is 321 g/mol. The van der Waals surface area contributed by atoms with Gasteiger partial charge in [-0.2, -0.15) is 0 Å². The van der Waals surface area contributed by atoms with Crippen molar-refractivity contribution in [3.63, 3.8) is 0 Å². The zero-order valence-electron chi connectivity index (χ0n) is 14.1. The molecule has 0 radical (unpaired) electrons. The van der Waals surface area contributed by atoms with Crippen molar-refractivity contribution >= 4 is 23.6 Å². The van der Waals surface area contributed by atoms with Crippen LogP contribution in [-0.4, -0.2) is 49.6 Å². The van der Waals surface area contributed by atoms with Gasteiger partial charge in [0.25, 0.3) is 0 Å². The van der Waals surface area contributed by atoms with E-state index in [0.717, 1.165) is 16.8 Å². The van der Waals surface area contributed by atoms with E-state index in [2.05, 4.69) is 15.4 Å². The van der Waals surface area contributed by atoms with E-state index in [1.807, 2.05) is 32.0 Å². The van der Waals surface area contributed by atoms with E-state index in [1.54, 1.807) is 18.9 Å². The van der Waals surface area contributed by atoms with Gasteiger partial charge in [0, 0.05) is 5.69 Å². The molecule has 3 amide bonds. The summed E-state index contributed by atoms with van der Waals surface area (Å²) in [4.78, 5) is 36.6. The fraction of sp³-hybridized carbons (Fsp3) is 0.438. The Balaban J connectivity index is 2.63. The van der Waals surface area contributed by atoms with E-state index in [-0.39, 0.29) is 12.5 Å². The number of nitrogens with one attached hydrogen (secondary N) is 2. The lowest BCUT2D eigenvalue weighted by Gasteiger charge is -2.23. The van der Waals surface area contributed by atoms with Gasteiger partial charge >= 0.3 is 6.09 Å². The van der Waals surface area contributed by atoms with Gasteiger partial charge < -0.3 is 10.1 Å². The van der Waals surface area contributed by atoms with Crippen LogP contribution in [0.2, 0.25) is 0 Å². The molecule has 0 fully saturated rings. The van der Waals surface area contributed by atoms with Crippen molar-refractivity contribution in [3.05, 3.63) is 29.3 Å². The largest absolute Gasteiger partial charge is 0.453 e. The van der Waals surface area contributed by atoms with E-state index in [4.69, 9.17) is 0 Å². The topological polar surface area (TPSA) is 87.7 Å². The lowest BCUT2D eigenvalue weighted by Crippen LogP contribution is -2.47. The number of amides is 3. The fourth-order valence-electron chi connectivity index (χ4n) is 2.01. The number of carbonyl (C=O) groups is 3. The molecule has 23 heavy (non-hydrogen) atoms. The third-order valence-corrected chi connectivity index (χ3v) is 3.59. The minimum atomic E-state index is -0.824. The molecule has 7 heteroatoms. The van der Waals surface area contributed by atoms with Crippen LogP contribution in [0.5, 0.6) is 0 Å². The Morgan fingerprint density at radius 1 is 1.22 bits per heavy atom. The van der Waals surface area contributed by atoms with Crippen LogP contribution in [0.4, 0.5) is 10.5 Å². The Morgan fingerprint density at radius 2 is 1.78 bits per heavy atom. The number of hydrogen-bond donors (Lipinski definition) is 2. The first kappa shape index (κ1) is 18.6. The lowest BCUT2D eigenvalue weighted by molar-refractivity contribution is -0.125. The van der Waals surface area contributed by atoms with E-state index >= 15 is 0 Å². The molecule has 1 aromatic rings. The van der Waals surface area contributed by atoms with Crippen LogP contribution >= 0.6 is 0 Å². The fourth-order valence-corrected chi connectivity index (χ4v) is 2.01. The smallest absolute Gasteiger partial charge is 0.413 e. The number of rotatable bonds is 5. The third-order valence-electron chi connectivity index (χ3n) is 3.59. The van der Waals surface area contributed by atoms with Gasteiger partial charge in [0.2, 0.25) is 11.8 Å². The highest BCUT2D eigenvalue weighted by Gasteiger charge is 2.22. The molecule has 0 heterocycles. The second kappa shape index (κ2) is 8.28. The molecule has 0 saturated heterocycles. The molecule has 0 aliphatic carbocycles. The molecule has 0 aliphatic heterocycles. The molecule has 1 rings (SSSR count). The van der Waals surface area contributed by atoms with Gasteiger partial charge in [0.1, 0.15) is 0 Å². The number of imide groups is 1. The number of nitrogens with zero attached hydrogens (tertiary/aromatic N) is 1. The molecule has 0 unspecified atom stereocenters. The number of anilines is 1. The SMILES string of the molecule is COC(=O)NC(=O)[C@H](C)N(C)CC(=O)Nc1c(C)cccc1C. The van der Waals surface area contributed by atoms with Gasteiger partial charge in [0.15, 0.2) is 0 Å². The highest BCUT2D eigenvalue weighted by Crippen LogP contribution is 2.19. The highest BCUT2D eigenvalue weighted by molar-refractivity contribution is 5.96. The summed E-state index contributed by atoms with van der Waals surface area (Å²) in [5, 5.41) is 4.93. The van der Waals surface area contributed by atoms with Crippen molar-refractivity contribution in [2.45, 2.75) is 26.8 Å². The number of para-hydroxylation sites is 1. The summed E-state index contributed by atoms with van der Waals surface area (Å²) in [5.41, 5.74) is 2.72. The van der Waals surface area contributed by atoms with Gasteiger partial charge in [-0.1, -0.05) is 18.2 Å². The van der Waals surface area contributed by atoms with Crippen LogP contribution < -0.4 is 10.6 Å². The second-order valence-electron chi connectivity index (χ2n) is 5.39. The average Bonchev–Trinajstić information content (AvgIpc) is 2.49. The predicted octanol–water partition coefficient (Wildman–Crippen LogP) is 1.44. The van der Waals surface area contributed by atoms with Crippen LogP contribution in [0.3, 0.4) is 0 Å². The van der Waals surface area contributed by atoms with Gasteiger partial charge in [0.05, 0.1) is 19.7 Å². The first-order chi connectivity index (χ1) is 10.8. The maximum Gasteiger partial charge on any atom is 0.413 e. The van der Waals surface area contributed by atoms with Gasteiger partial charge in [-0.15, -0.1) is 0 Å². The molecule has 1 atom stereocenters. The standard InChI is InChI=1S/C16H23N3O4/c1-10-7-6-8-11(2)14(10)17-13(20)9-19(4)12(3)15(21)18-16(22)23-5/h6-8,12H,9H2,1-5H3,(H,17,20)(H,18,21,22)/t12-/m0/s1. The van der Waals surface area contributed by atoms with E-state index in [9.17, 15) is 14.4 Å². The number of methoxy groups -OCH3 is 1. The molecule has 2 N–H and O–H groups in total. The Bertz CT molecular complexity index is 581. The summed E-state index contributed by atoms with van der Waals surface area (Å²) in [7, 11) is 2.81. The Labute approximate surface area is 136 Å². The van der Waals surface area contributed by atoms with Crippen LogP contribution in [-0.2, 0) is 14.3 Å². The van der Waals surface area contributed by atoms with Crippen LogP contribution in [0.25, 0.3) is 0 Å². The summed E-state index contributed by atoms with van der Waals surface area (Å²) < 4.78 is 4.37. The maximum absolute atomic E-state index is 12.2. The van der Waals surface area contributed by atoms with E-state index < -0.39 is 18.0 Å². The molecule has 0 spiro atoms. The number of ether oxygens (including phenoxy) is 1. The molecule has 126 valence electrons. The van der Waals surface area contributed by atoms with Crippen molar-refractivity contribution in [1.82, 2.24) is 10.2 Å². The van der Waals surface area contributed by atoms with Gasteiger partial charge in [-0.25, -0.2) is 4.79 Å². The molecular formula is C16H23N3O4. The molecule has 0 bridgehead atoms. The number of benzene rings is 1. The van der Waals surface area contributed by atoms with Crippen molar-refractivity contribution in [3.8, 4) is 0 Å². The normalized spacial score (nSPS) is 11.7. The molecule has 0 saturated carbocycles. The maximum atomic E-state index is 12.2. The summed E-state index contributed by atoms with van der Waals surface area (Å²) >= 11 is 0. The summed E-state index contributed by atoms with van der Waals surface area (Å²) in [5.74, 6) is -0.762. The Hall–Kier alpha value is -2.41. The average molecular weight is 321 g/mol. The second-order valence-corrected chi connectivity index (χ2v) is 5.39. The molecule has 0 aromatic heterocycles. The summed E-state index contributed by atoms with van der Waals surface area (Å²) in [6.07, 6.45) is -0.824. The van der Waals surface area contributed by atoms with E-state index in [0.29, 0.717) is 0 Å². The molecule has 7 nitrogen and oxygen atoms in total. The van der Waals surface area contributed by atoms with Gasteiger partial charge in [-0.3, -0.25) is 19.8 Å². The van der Waals surface area contributed by atoms with Crippen molar-refractivity contribution in [1.29, 1.82) is 0 Å². The molecule has 0 aliphatic rings. The number of likely N-dealkylation sites (N-methyl/N-ethyl adjacent to an activating group) is 1.